The Labute approximate surface area is 177 Å². The molecule has 4 N–H and O–H groups in total. The molecule has 9 nitrogen and oxygen atoms in total. The highest BCUT2D eigenvalue weighted by molar-refractivity contribution is 5.98. The molecule has 0 atom stereocenters. The van der Waals surface area contributed by atoms with Gasteiger partial charge in [-0.1, -0.05) is 6.07 Å². The van der Waals surface area contributed by atoms with Crippen LogP contribution in [-0.4, -0.2) is 43.9 Å². The number of halogens is 1. The van der Waals surface area contributed by atoms with Crippen LogP contribution in [0.2, 0.25) is 0 Å². The molecule has 2 aromatic carbocycles. The number of anilines is 2. The van der Waals surface area contributed by atoms with Gasteiger partial charge in [0.2, 0.25) is 5.95 Å². The number of methoxy groups -OCH3 is 1. The van der Waals surface area contributed by atoms with Gasteiger partial charge in [0.15, 0.2) is 5.82 Å². The van der Waals surface area contributed by atoms with E-state index in [-0.39, 0.29) is 23.1 Å². The molecule has 4 aromatic rings. The smallest absolute Gasteiger partial charge is 0.255 e. The summed E-state index contributed by atoms with van der Waals surface area (Å²) in [6.45, 7) is 5.71. The van der Waals surface area contributed by atoms with Crippen LogP contribution in [0.4, 0.5) is 16.0 Å². The molecule has 0 bridgehead atoms. The number of aromatic nitrogens is 5. The predicted octanol–water partition coefficient (Wildman–Crippen LogP) is 3.77. The fraction of sp³-hybridized carbons (Fsp3) is 0.238. The Morgan fingerprint density at radius 2 is 1.97 bits per heavy atom. The maximum atomic E-state index is 14.3. The minimum atomic E-state index is -0.453. The Bertz CT molecular complexity index is 1260. The summed E-state index contributed by atoms with van der Waals surface area (Å²) in [6, 6.07) is 8.05. The number of fused-ring (bicyclic) bond motifs is 1. The van der Waals surface area contributed by atoms with Gasteiger partial charge in [-0.3, -0.25) is 9.89 Å². The lowest BCUT2D eigenvalue weighted by molar-refractivity contribution is 0.0916. The van der Waals surface area contributed by atoms with E-state index in [9.17, 15) is 9.18 Å². The minimum Gasteiger partial charge on any atom is -0.496 e. The molecule has 0 radical (unpaired) electrons. The third-order valence-electron chi connectivity index (χ3n) is 4.46. The van der Waals surface area contributed by atoms with Crippen molar-refractivity contribution in [2.75, 3.05) is 12.4 Å². The Hall–Kier alpha value is -3.95. The molecule has 0 saturated carbocycles. The zero-order chi connectivity index (χ0) is 22.2. The molecule has 160 valence electrons. The first kappa shape index (κ1) is 20.3. The van der Waals surface area contributed by atoms with Crippen molar-refractivity contribution >= 4 is 28.4 Å². The molecular formula is C21H22FN7O2. The summed E-state index contributed by atoms with van der Waals surface area (Å²) in [5.41, 5.74) is 1.51. The van der Waals surface area contributed by atoms with E-state index >= 15 is 0 Å². The molecule has 0 aliphatic rings. The first-order chi connectivity index (χ1) is 14.7. The van der Waals surface area contributed by atoms with E-state index in [2.05, 4.69) is 36.0 Å². The summed E-state index contributed by atoms with van der Waals surface area (Å²) in [5.74, 6) is 0.345. The lowest BCUT2D eigenvalue weighted by atomic mass is 10.1. The van der Waals surface area contributed by atoms with Gasteiger partial charge in [0.1, 0.15) is 11.6 Å². The van der Waals surface area contributed by atoms with Gasteiger partial charge in [-0.2, -0.15) is 15.2 Å². The first-order valence-corrected chi connectivity index (χ1v) is 9.56. The molecule has 10 heteroatoms. The lowest BCUT2D eigenvalue weighted by Crippen LogP contribution is -2.40. The normalized spacial score (nSPS) is 11.5. The minimum absolute atomic E-state index is 0.238. The highest BCUT2D eigenvalue weighted by atomic mass is 19.1. The second kappa shape index (κ2) is 7.71. The quantitative estimate of drug-likeness (QED) is 0.388. The van der Waals surface area contributed by atoms with Crippen molar-refractivity contribution in [3.8, 4) is 17.1 Å². The third-order valence-corrected chi connectivity index (χ3v) is 4.46. The monoisotopic (exact) mass is 423 g/mol. The number of hydrogen-bond acceptors (Lipinski definition) is 6. The maximum Gasteiger partial charge on any atom is 0.255 e. The zero-order valence-corrected chi connectivity index (χ0v) is 17.5. The molecule has 4 rings (SSSR count). The van der Waals surface area contributed by atoms with Crippen LogP contribution in [-0.2, 0) is 0 Å². The first-order valence-electron chi connectivity index (χ1n) is 9.56. The van der Waals surface area contributed by atoms with Crippen molar-refractivity contribution in [3.63, 3.8) is 0 Å². The molecule has 2 heterocycles. The fourth-order valence-corrected chi connectivity index (χ4v) is 3.06. The molecule has 31 heavy (non-hydrogen) atoms. The molecule has 0 aliphatic carbocycles. The SMILES string of the molecule is COc1cc(-c2n[nH]c(Nc3cc4cn[nH]c4cc3F)n2)ccc1C(=O)NC(C)(C)C. The maximum absolute atomic E-state index is 14.3. The Kier molecular flexibility index (Phi) is 5.05. The highest BCUT2D eigenvalue weighted by Gasteiger charge is 2.20. The second-order valence-electron chi connectivity index (χ2n) is 8.04. The van der Waals surface area contributed by atoms with E-state index in [4.69, 9.17) is 4.74 Å². The molecule has 0 spiro atoms. The van der Waals surface area contributed by atoms with Crippen LogP contribution < -0.4 is 15.4 Å². The van der Waals surface area contributed by atoms with Gasteiger partial charge < -0.3 is 15.4 Å². The summed E-state index contributed by atoms with van der Waals surface area (Å²) in [7, 11) is 1.49. The number of aromatic amines is 2. The van der Waals surface area contributed by atoms with Gasteiger partial charge in [0.25, 0.3) is 5.91 Å². The zero-order valence-electron chi connectivity index (χ0n) is 17.5. The summed E-state index contributed by atoms with van der Waals surface area (Å²) >= 11 is 0. The van der Waals surface area contributed by atoms with Gasteiger partial charge in [0.05, 0.1) is 30.1 Å². The van der Waals surface area contributed by atoms with E-state index in [0.29, 0.717) is 28.2 Å². The summed E-state index contributed by atoms with van der Waals surface area (Å²) in [5, 5.41) is 20.1. The molecule has 0 saturated heterocycles. The van der Waals surface area contributed by atoms with Gasteiger partial charge >= 0.3 is 0 Å². The third kappa shape index (κ3) is 4.32. The summed E-state index contributed by atoms with van der Waals surface area (Å²) in [6.07, 6.45) is 1.61. The van der Waals surface area contributed by atoms with E-state index in [1.54, 1.807) is 30.5 Å². The van der Waals surface area contributed by atoms with Gasteiger partial charge in [-0.05, 0) is 39.0 Å². The summed E-state index contributed by atoms with van der Waals surface area (Å²) in [4.78, 5) is 16.9. The summed E-state index contributed by atoms with van der Waals surface area (Å²) < 4.78 is 19.7. The number of carbonyl (C=O) groups excluding carboxylic acids is 1. The molecule has 2 aromatic heterocycles. The topological polar surface area (TPSA) is 121 Å². The lowest BCUT2D eigenvalue weighted by Gasteiger charge is -2.21. The average Bonchev–Trinajstić information content (AvgIpc) is 3.35. The van der Waals surface area contributed by atoms with Crippen molar-refractivity contribution in [3.05, 3.63) is 47.9 Å². The number of ether oxygens (including phenoxy) is 1. The predicted molar refractivity (Wildman–Crippen MR) is 115 cm³/mol. The van der Waals surface area contributed by atoms with Gasteiger partial charge in [-0.15, -0.1) is 0 Å². The van der Waals surface area contributed by atoms with Crippen molar-refractivity contribution in [1.82, 2.24) is 30.7 Å². The van der Waals surface area contributed by atoms with Crippen LogP contribution in [0.25, 0.3) is 22.3 Å². The van der Waals surface area contributed by atoms with Crippen LogP contribution >= 0.6 is 0 Å². The van der Waals surface area contributed by atoms with Crippen LogP contribution in [0.1, 0.15) is 31.1 Å². The number of hydrogen-bond donors (Lipinski definition) is 4. The van der Waals surface area contributed by atoms with Crippen molar-refractivity contribution in [2.45, 2.75) is 26.3 Å². The number of H-pyrrole nitrogens is 2. The second-order valence-corrected chi connectivity index (χ2v) is 8.04. The Morgan fingerprint density at radius 1 is 1.16 bits per heavy atom. The number of rotatable bonds is 5. The van der Waals surface area contributed by atoms with Crippen LogP contribution in [0.15, 0.2) is 36.5 Å². The molecule has 0 aliphatic heterocycles. The molecule has 0 unspecified atom stereocenters. The van der Waals surface area contributed by atoms with Crippen molar-refractivity contribution < 1.29 is 13.9 Å². The highest BCUT2D eigenvalue weighted by Crippen LogP contribution is 2.28. The van der Waals surface area contributed by atoms with Gasteiger partial charge in [0, 0.05) is 22.6 Å². The number of nitrogens with one attached hydrogen (secondary N) is 4. The fourth-order valence-electron chi connectivity index (χ4n) is 3.06. The molecule has 1 amide bonds. The largest absolute Gasteiger partial charge is 0.496 e. The van der Waals surface area contributed by atoms with Crippen LogP contribution in [0.3, 0.4) is 0 Å². The van der Waals surface area contributed by atoms with E-state index in [1.807, 2.05) is 20.8 Å². The van der Waals surface area contributed by atoms with E-state index in [0.717, 1.165) is 5.39 Å². The van der Waals surface area contributed by atoms with E-state index in [1.165, 1.54) is 13.2 Å². The number of amides is 1. The molecule has 0 fully saturated rings. The van der Waals surface area contributed by atoms with Crippen molar-refractivity contribution in [1.29, 1.82) is 0 Å². The van der Waals surface area contributed by atoms with Crippen LogP contribution in [0.5, 0.6) is 5.75 Å². The number of nitrogens with zero attached hydrogens (tertiary/aromatic N) is 3. The number of benzene rings is 2. The van der Waals surface area contributed by atoms with Gasteiger partial charge in [-0.25, -0.2) is 9.49 Å². The number of carbonyl (C=O) groups is 1. The molecular weight excluding hydrogens is 401 g/mol. The Morgan fingerprint density at radius 3 is 2.71 bits per heavy atom. The van der Waals surface area contributed by atoms with Crippen molar-refractivity contribution in [2.24, 2.45) is 0 Å². The van der Waals surface area contributed by atoms with E-state index < -0.39 is 5.82 Å². The average molecular weight is 423 g/mol. The standard InChI is InChI=1S/C21H22FN7O2/c1-21(2,3)26-19(30)13-6-5-11(8-17(13)31-4)18-25-20(29-28-18)24-16-7-12-10-23-27-15(12)9-14(16)22/h5-10H,1-4H3,(H,23,27)(H,26,30)(H2,24,25,28,29). The Balaban J connectivity index is 1.58. The van der Waals surface area contributed by atoms with Crippen LogP contribution in [0, 0.1) is 5.82 Å².